The van der Waals surface area contributed by atoms with E-state index in [0.29, 0.717) is 0 Å². The van der Waals surface area contributed by atoms with Gasteiger partial charge in [0, 0.05) is 0 Å². The Balaban J connectivity index is 0.000000187. The first-order valence-corrected chi connectivity index (χ1v) is 4.16. The van der Waals surface area contributed by atoms with Crippen molar-refractivity contribution in [1.82, 2.24) is 5.32 Å². The lowest BCUT2D eigenvalue weighted by Crippen LogP contribution is -1.93. The molecule has 1 aliphatic heterocycles. The van der Waals surface area contributed by atoms with Crippen LogP contribution in [0.15, 0.2) is 24.6 Å². The average Bonchev–Trinajstić information content (AvgIpc) is 1.88. The van der Waals surface area contributed by atoms with Crippen LogP contribution >= 0.6 is 0 Å². The van der Waals surface area contributed by atoms with Gasteiger partial charge >= 0.3 is 10.4 Å². The van der Waals surface area contributed by atoms with E-state index >= 15 is 0 Å². The fraction of sp³-hybridized carbons (Fsp3) is 0.200. The molecule has 6 heteroatoms. The van der Waals surface area contributed by atoms with Crippen molar-refractivity contribution >= 4 is 10.4 Å². The van der Waals surface area contributed by atoms with Crippen molar-refractivity contribution in [1.29, 1.82) is 0 Å². The van der Waals surface area contributed by atoms with Crippen molar-refractivity contribution in [3.05, 3.63) is 24.6 Å². The monoisotopic (exact) mass is 179 g/mol. The van der Waals surface area contributed by atoms with Gasteiger partial charge in [-0.15, -0.1) is 0 Å². The quantitative estimate of drug-likeness (QED) is 0.467. The third-order valence-corrected chi connectivity index (χ3v) is 0.700. The Morgan fingerprint density at radius 2 is 1.55 bits per heavy atom. The SMILES string of the molecule is C1=CNC=CC1.O=S(=O)(O)O. The van der Waals surface area contributed by atoms with Crippen LogP contribution in [0.4, 0.5) is 0 Å². The highest BCUT2D eigenvalue weighted by atomic mass is 32.3. The van der Waals surface area contributed by atoms with Gasteiger partial charge in [0.1, 0.15) is 0 Å². The van der Waals surface area contributed by atoms with E-state index in [2.05, 4.69) is 17.5 Å². The van der Waals surface area contributed by atoms with E-state index in [1.54, 1.807) is 0 Å². The third-order valence-electron chi connectivity index (χ3n) is 0.700. The van der Waals surface area contributed by atoms with Gasteiger partial charge in [0.15, 0.2) is 0 Å². The molecule has 0 atom stereocenters. The number of rotatable bonds is 0. The molecule has 1 aliphatic rings. The third kappa shape index (κ3) is 17.6. The van der Waals surface area contributed by atoms with E-state index in [4.69, 9.17) is 17.5 Å². The van der Waals surface area contributed by atoms with Gasteiger partial charge in [-0.25, -0.2) is 0 Å². The molecule has 3 N–H and O–H groups in total. The van der Waals surface area contributed by atoms with Crippen molar-refractivity contribution in [2.75, 3.05) is 0 Å². The zero-order valence-electron chi connectivity index (χ0n) is 5.64. The van der Waals surface area contributed by atoms with Gasteiger partial charge in [-0.05, 0) is 18.8 Å². The van der Waals surface area contributed by atoms with Crippen LogP contribution in [0.25, 0.3) is 0 Å². The van der Waals surface area contributed by atoms with Gasteiger partial charge in [-0.3, -0.25) is 9.11 Å². The van der Waals surface area contributed by atoms with Crippen molar-refractivity contribution < 1.29 is 17.5 Å². The zero-order valence-corrected chi connectivity index (χ0v) is 6.45. The van der Waals surface area contributed by atoms with Crippen molar-refractivity contribution in [3.8, 4) is 0 Å². The van der Waals surface area contributed by atoms with E-state index in [1.165, 1.54) is 0 Å². The molecule has 0 radical (unpaired) electrons. The minimum absolute atomic E-state index is 1.08. The summed E-state index contributed by atoms with van der Waals surface area (Å²) in [5, 5.41) is 2.92. The molecule has 1 rings (SSSR count). The lowest BCUT2D eigenvalue weighted by atomic mass is 10.4. The average molecular weight is 179 g/mol. The molecule has 64 valence electrons. The molecule has 1 heterocycles. The molecule has 0 fully saturated rings. The molecule has 0 unspecified atom stereocenters. The van der Waals surface area contributed by atoms with Crippen LogP contribution in [0.5, 0.6) is 0 Å². The molecule has 0 saturated heterocycles. The Hall–Kier alpha value is -0.850. The molecule has 0 spiro atoms. The van der Waals surface area contributed by atoms with E-state index in [-0.39, 0.29) is 0 Å². The summed E-state index contributed by atoms with van der Waals surface area (Å²) >= 11 is 0. The van der Waals surface area contributed by atoms with Crippen LogP contribution in [0.2, 0.25) is 0 Å². The molecular formula is C5H9NO4S. The van der Waals surface area contributed by atoms with Gasteiger partial charge in [0.2, 0.25) is 0 Å². The summed E-state index contributed by atoms with van der Waals surface area (Å²) < 4.78 is 31.6. The Morgan fingerprint density at radius 1 is 1.18 bits per heavy atom. The van der Waals surface area contributed by atoms with Crippen LogP contribution in [0.1, 0.15) is 6.42 Å². The van der Waals surface area contributed by atoms with Crippen molar-refractivity contribution in [3.63, 3.8) is 0 Å². The van der Waals surface area contributed by atoms with Crippen LogP contribution in [0.3, 0.4) is 0 Å². The summed E-state index contributed by atoms with van der Waals surface area (Å²) in [5.41, 5.74) is 0. The summed E-state index contributed by atoms with van der Waals surface area (Å²) in [5.74, 6) is 0. The maximum atomic E-state index is 8.74. The summed E-state index contributed by atoms with van der Waals surface area (Å²) in [6.07, 6.45) is 9.08. The molecule has 0 bridgehead atoms. The second kappa shape index (κ2) is 4.89. The predicted octanol–water partition coefficient (Wildman–Crippen LogP) is 0.354. The molecule has 11 heavy (non-hydrogen) atoms. The maximum Gasteiger partial charge on any atom is 0.394 e. The minimum Gasteiger partial charge on any atom is -0.368 e. The number of dihydropyridines is 1. The second-order valence-corrected chi connectivity index (χ2v) is 2.55. The van der Waals surface area contributed by atoms with Crippen LogP contribution in [-0.2, 0) is 10.4 Å². The summed E-state index contributed by atoms with van der Waals surface area (Å²) in [6.45, 7) is 0. The predicted molar refractivity (Wildman–Crippen MR) is 40.2 cm³/mol. The fourth-order valence-corrected chi connectivity index (χ4v) is 0.406. The smallest absolute Gasteiger partial charge is 0.368 e. The Morgan fingerprint density at radius 3 is 1.64 bits per heavy atom. The van der Waals surface area contributed by atoms with Gasteiger partial charge in [-0.2, -0.15) is 8.42 Å². The van der Waals surface area contributed by atoms with Crippen LogP contribution in [-0.4, -0.2) is 17.5 Å². The zero-order chi connectivity index (χ0) is 8.74. The standard InChI is InChI=1S/C5H7N.H2O4S/c1-2-4-6-5-3-1;1-5(2,3)4/h2-6H,1H2;(H2,1,2,3,4). The number of nitrogens with one attached hydrogen (secondary N) is 1. The normalized spacial score (nSPS) is 14.7. The first kappa shape index (κ1) is 10.2. The second-order valence-electron chi connectivity index (χ2n) is 1.65. The van der Waals surface area contributed by atoms with Gasteiger partial charge in [-0.1, -0.05) is 12.2 Å². The lowest BCUT2D eigenvalue weighted by molar-refractivity contribution is 0.381. The first-order chi connectivity index (χ1) is 5.00. The largest absolute Gasteiger partial charge is 0.394 e. The molecule has 5 nitrogen and oxygen atoms in total. The molecule has 0 amide bonds. The molecule has 0 saturated carbocycles. The summed E-state index contributed by atoms with van der Waals surface area (Å²) in [7, 11) is -4.67. The Bertz CT molecular complexity index is 213. The van der Waals surface area contributed by atoms with Gasteiger partial charge < -0.3 is 5.32 Å². The topological polar surface area (TPSA) is 86.6 Å². The van der Waals surface area contributed by atoms with E-state index in [0.717, 1.165) is 6.42 Å². The molecule has 0 aliphatic carbocycles. The Kier molecular flexibility index (Phi) is 4.51. The maximum absolute atomic E-state index is 8.74. The molecular weight excluding hydrogens is 170 g/mol. The first-order valence-electron chi connectivity index (χ1n) is 2.76. The van der Waals surface area contributed by atoms with E-state index in [1.807, 2.05) is 12.4 Å². The number of hydrogen-bond donors (Lipinski definition) is 3. The summed E-state index contributed by atoms with van der Waals surface area (Å²) in [6, 6.07) is 0. The lowest BCUT2D eigenvalue weighted by Gasteiger charge is -1.92. The van der Waals surface area contributed by atoms with Gasteiger partial charge in [0.25, 0.3) is 0 Å². The molecule has 0 aromatic carbocycles. The van der Waals surface area contributed by atoms with Crippen LogP contribution < -0.4 is 5.32 Å². The number of hydrogen-bond acceptors (Lipinski definition) is 3. The minimum atomic E-state index is -4.67. The van der Waals surface area contributed by atoms with Crippen molar-refractivity contribution in [2.45, 2.75) is 6.42 Å². The number of allylic oxidation sites excluding steroid dienone is 2. The molecule has 0 aromatic rings. The van der Waals surface area contributed by atoms with E-state index < -0.39 is 10.4 Å². The van der Waals surface area contributed by atoms with Crippen molar-refractivity contribution in [2.24, 2.45) is 0 Å². The van der Waals surface area contributed by atoms with Crippen LogP contribution in [0, 0.1) is 0 Å². The highest BCUT2D eigenvalue weighted by Gasteiger charge is 1.84. The fourth-order valence-electron chi connectivity index (χ4n) is 0.406. The highest BCUT2D eigenvalue weighted by Crippen LogP contribution is 1.86. The Labute approximate surface area is 65.0 Å². The highest BCUT2D eigenvalue weighted by molar-refractivity contribution is 7.79. The summed E-state index contributed by atoms with van der Waals surface area (Å²) in [4.78, 5) is 0. The van der Waals surface area contributed by atoms with Gasteiger partial charge in [0.05, 0.1) is 0 Å². The molecule has 0 aromatic heterocycles. The van der Waals surface area contributed by atoms with E-state index in [9.17, 15) is 0 Å².